The molecule has 2 aromatic carbocycles. The van der Waals surface area contributed by atoms with Gasteiger partial charge in [0, 0.05) is 32.3 Å². The van der Waals surface area contributed by atoms with Gasteiger partial charge in [0.2, 0.25) is 0 Å². The van der Waals surface area contributed by atoms with Crippen molar-refractivity contribution < 1.29 is 9.47 Å². The molecule has 1 saturated heterocycles. The van der Waals surface area contributed by atoms with Crippen molar-refractivity contribution in [2.45, 2.75) is 31.2 Å². The molecule has 0 saturated carbocycles. The Hall–Kier alpha value is -1.84. The van der Waals surface area contributed by atoms with Gasteiger partial charge in [-0.25, -0.2) is 0 Å². The number of hydrogen-bond acceptors (Lipinski definition) is 3. The molecule has 2 heterocycles. The zero-order valence-electron chi connectivity index (χ0n) is 13.6. The van der Waals surface area contributed by atoms with Crippen LogP contribution in [0.1, 0.15) is 24.0 Å². The SMILES string of the molecule is CO[C@H]1Cc2ccccc2C2(CCN(c3ccccc3)CC2)O1. The summed E-state index contributed by atoms with van der Waals surface area (Å²) in [5.41, 5.74) is 3.84. The van der Waals surface area contributed by atoms with Gasteiger partial charge in [-0.3, -0.25) is 0 Å². The number of para-hydroxylation sites is 1. The molecule has 0 unspecified atom stereocenters. The third-order valence-corrected chi connectivity index (χ3v) is 5.21. The first-order chi connectivity index (χ1) is 11.3. The molecular weight excluding hydrogens is 286 g/mol. The molecule has 23 heavy (non-hydrogen) atoms. The van der Waals surface area contributed by atoms with Crippen LogP contribution in [0.4, 0.5) is 5.69 Å². The van der Waals surface area contributed by atoms with E-state index in [1.165, 1.54) is 16.8 Å². The van der Waals surface area contributed by atoms with Gasteiger partial charge in [0.05, 0.1) is 5.60 Å². The van der Waals surface area contributed by atoms with Crippen LogP contribution in [0.3, 0.4) is 0 Å². The second kappa shape index (κ2) is 5.99. The van der Waals surface area contributed by atoms with Crippen molar-refractivity contribution in [2.24, 2.45) is 0 Å². The van der Waals surface area contributed by atoms with Gasteiger partial charge in [-0.1, -0.05) is 42.5 Å². The molecule has 0 N–H and O–H groups in total. The van der Waals surface area contributed by atoms with Crippen LogP contribution < -0.4 is 4.90 Å². The first kappa shape index (κ1) is 14.7. The minimum Gasteiger partial charge on any atom is -0.371 e. The number of hydrogen-bond donors (Lipinski definition) is 0. The third-order valence-electron chi connectivity index (χ3n) is 5.21. The number of methoxy groups -OCH3 is 1. The van der Waals surface area contributed by atoms with Crippen LogP contribution in [0.25, 0.3) is 0 Å². The fraction of sp³-hybridized carbons (Fsp3) is 0.400. The van der Waals surface area contributed by atoms with Crippen molar-refractivity contribution in [1.82, 2.24) is 0 Å². The Balaban J connectivity index is 1.60. The first-order valence-electron chi connectivity index (χ1n) is 8.40. The predicted octanol–water partition coefficient (Wildman–Crippen LogP) is 3.73. The van der Waals surface area contributed by atoms with Crippen LogP contribution >= 0.6 is 0 Å². The second-order valence-corrected chi connectivity index (χ2v) is 6.46. The van der Waals surface area contributed by atoms with Crippen molar-refractivity contribution >= 4 is 5.69 Å². The van der Waals surface area contributed by atoms with Crippen LogP contribution in [0, 0.1) is 0 Å². The number of anilines is 1. The predicted molar refractivity (Wildman–Crippen MR) is 91.6 cm³/mol. The maximum absolute atomic E-state index is 6.43. The van der Waals surface area contributed by atoms with Crippen molar-refractivity contribution in [3.05, 3.63) is 65.7 Å². The Labute approximate surface area is 137 Å². The van der Waals surface area contributed by atoms with E-state index in [0.29, 0.717) is 0 Å². The number of benzene rings is 2. The summed E-state index contributed by atoms with van der Waals surface area (Å²) >= 11 is 0. The maximum Gasteiger partial charge on any atom is 0.162 e. The highest BCUT2D eigenvalue weighted by Gasteiger charge is 2.43. The Morgan fingerprint density at radius 2 is 1.70 bits per heavy atom. The molecule has 1 atom stereocenters. The van der Waals surface area contributed by atoms with E-state index in [9.17, 15) is 0 Å². The molecule has 0 amide bonds. The smallest absolute Gasteiger partial charge is 0.162 e. The van der Waals surface area contributed by atoms with Gasteiger partial charge in [-0.2, -0.15) is 0 Å². The molecule has 2 aromatic rings. The lowest BCUT2D eigenvalue weighted by molar-refractivity contribution is -0.220. The minimum absolute atomic E-state index is 0.131. The molecule has 4 rings (SSSR count). The van der Waals surface area contributed by atoms with Crippen molar-refractivity contribution in [1.29, 1.82) is 0 Å². The molecular formula is C20H23NO2. The van der Waals surface area contributed by atoms with Gasteiger partial charge in [0.1, 0.15) is 0 Å². The Morgan fingerprint density at radius 3 is 2.43 bits per heavy atom. The summed E-state index contributed by atoms with van der Waals surface area (Å²) < 4.78 is 12.0. The quantitative estimate of drug-likeness (QED) is 0.844. The highest BCUT2D eigenvalue weighted by Crippen LogP contribution is 2.44. The average molecular weight is 309 g/mol. The average Bonchev–Trinajstić information content (AvgIpc) is 2.63. The van der Waals surface area contributed by atoms with Crippen LogP contribution in [0.5, 0.6) is 0 Å². The molecule has 2 aliphatic rings. The number of rotatable bonds is 2. The summed E-state index contributed by atoms with van der Waals surface area (Å²) in [6.07, 6.45) is 2.71. The van der Waals surface area contributed by atoms with Gasteiger partial charge < -0.3 is 14.4 Å². The zero-order chi connectivity index (χ0) is 15.7. The number of ether oxygens (including phenoxy) is 2. The molecule has 0 radical (unpaired) electrons. The van der Waals surface area contributed by atoms with E-state index < -0.39 is 0 Å². The van der Waals surface area contributed by atoms with E-state index >= 15 is 0 Å². The largest absolute Gasteiger partial charge is 0.371 e. The fourth-order valence-electron chi connectivity index (χ4n) is 3.96. The van der Waals surface area contributed by atoms with Crippen LogP contribution in [0.2, 0.25) is 0 Å². The molecule has 1 spiro atoms. The van der Waals surface area contributed by atoms with E-state index in [1.807, 2.05) is 0 Å². The molecule has 0 bridgehead atoms. The normalized spacial score (nSPS) is 22.8. The van der Waals surface area contributed by atoms with E-state index in [-0.39, 0.29) is 11.9 Å². The topological polar surface area (TPSA) is 21.7 Å². The standard InChI is InChI=1S/C20H23NO2/c1-22-19-15-16-7-5-6-10-18(16)20(23-19)11-13-21(14-12-20)17-8-3-2-4-9-17/h2-10,19H,11-15H2,1H3/t19-/m1/s1. The van der Waals surface area contributed by atoms with E-state index in [4.69, 9.17) is 9.47 Å². The van der Waals surface area contributed by atoms with Gasteiger partial charge in [-0.15, -0.1) is 0 Å². The number of nitrogens with zero attached hydrogens (tertiary/aromatic N) is 1. The molecule has 2 aliphatic heterocycles. The number of piperidine rings is 1. The molecule has 3 heteroatoms. The summed E-state index contributed by atoms with van der Waals surface area (Å²) in [4.78, 5) is 2.45. The monoisotopic (exact) mass is 309 g/mol. The first-order valence-corrected chi connectivity index (χ1v) is 8.40. The summed E-state index contributed by atoms with van der Waals surface area (Å²) in [5.74, 6) is 0. The third kappa shape index (κ3) is 2.64. The van der Waals surface area contributed by atoms with Gasteiger partial charge in [0.15, 0.2) is 6.29 Å². The fourth-order valence-corrected chi connectivity index (χ4v) is 3.96. The maximum atomic E-state index is 6.43. The van der Waals surface area contributed by atoms with Crippen molar-refractivity contribution in [2.75, 3.05) is 25.1 Å². The van der Waals surface area contributed by atoms with Crippen molar-refractivity contribution in [3.63, 3.8) is 0 Å². The highest BCUT2D eigenvalue weighted by molar-refractivity contribution is 5.47. The zero-order valence-corrected chi connectivity index (χ0v) is 13.6. The Morgan fingerprint density at radius 1 is 1.00 bits per heavy atom. The summed E-state index contributed by atoms with van der Waals surface area (Å²) in [7, 11) is 1.74. The van der Waals surface area contributed by atoms with Crippen LogP contribution in [-0.2, 0) is 21.5 Å². The molecule has 1 fully saturated rings. The van der Waals surface area contributed by atoms with Gasteiger partial charge in [0.25, 0.3) is 0 Å². The van der Waals surface area contributed by atoms with Crippen LogP contribution in [0.15, 0.2) is 54.6 Å². The summed E-state index contributed by atoms with van der Waals surface area (Å²) in [5, 5.41) is 0. The van der Waals surface area contributed by atoms with E-state index in [0.717, 1.165) is 32.4 Å². The molecule has 0 aliphatic carbocycles. The van der Waals surface area contributed by atoms with Gasteiger partial charge >= 0.3 is 0 Å². The molecule has 3 nitrogen and oxygen atoms in total. The Bertz CT molecular complexity index is 662. The molecule has 0 aromatic heterocycles. The Kier molecular flexibility index (Phi) is 3.83. The van der Waals surface area contributed by atoms with Crippen molar-refractivity contribution in [3.8, 4) is 0 Å². The summed E-state index contributed by atoms with van der Waals surface area (Å²) in [6.45, 7) is 2.02. The number of fused-ring (bicyclic) bond motifs is 2. The second-order valence-electron chi connectivity index (χ2n) is 6.46. The molecule has 120 valence electrons. The minimum atomic E-state index is -0.194. The van der Waals surface area contributed by atoms with E-state index in [1.54, 1.807) is 7.11 Å². The van der Waals surface area contributed by atoms with Gasteiger partial charge in [-0.05, 0) is 36.1 Å². The lowest BCUT2D eigenvalue weighted by atomic mass is 9.79. The lowest BCUT2D eigenvalue weighted by Gasteiger charge is -2.47. The summed E-state index contributed by atoms with van der Waals surface area (Å²) in [6, 6.07) is 19.3. The van der Waals surface area contributed by atoms with E-state index in [2.05, 4.69) is 59.5 Å². The van der Waals surface area contributed by atoms with Crippen LogP contribution in [-0.4, -0.2) is 26.5 Å². The highest BCUT2D eigenvalue weighted by atomic mass is 16.7. The lowest BCUT2D eigenvalue weighted by Crippen LogP contribution is -2.49.